The minimum Gasteiger partial charge on any atom is -0.338 e. The average Bonchev–Trinajstić information content (AvgIpc) is 2.32. The molecule has 1 amide bonds. The first-order chi connectivity index (χ1) is 6.66. The third-order valence-corrected chi connectivity index (χ3v) is 4.19. The lowest BCUT2D eigenvalue weighted by Crippen LogP contribution is -2.27. The number of nitrogens with zero attached hydrogens (tertiary/aromatic N) is 1. The first kappa shape index (κ1) is 10.2. The lowest BCUT2D eigenvalue weighted by Gasteiger charge is -2.17. The standard InChI is InChI=1S/C10H12BrNOS/c1-7(13)12-4-2-3-8-5-10(11)14-9(8)6-12/h5H,2-4,6H2,1H3. The molecule has 0 bridgehead atoms. The molecule has 14 heavy (non-hydrogen) atoms. The van der Waals surface area contributed by atoms with Gasteiger partial charge in [-0.1, -0.05) is 0 Å². The molecule has 76 valence electrons. The van der Waals surface area contributed by atoms with E-state index in [0.29, 0.717) is 0 Å². The van der Waals surface area contributed by atoms with Gasteiger partial charge >= 0.3 is 0 Å². The summed E-state index contributed by atoms with van der Waals surface area (Å²) >= 11 is 5.24. The van der Waals surface area contributed by atoms with Crippen LogP contribution in [0.5, 0.6) is 0 Å². The van der Waals surface area contributed by atoms with Gasteiger partial charge in [0.1, 0.15) is 0 Å². The van der Waals surface area contributed by atoms with Crippen LogP contribution >= 0.6 is 27.3 Å². The lowest BCUT2D eigenvalue weighted by atomic mass is 10.2. The highest BCUT2D eigenvalue weighted by Crippen LogP contribution is 2.31. The summed E-state index contributed by atoms with van der Waals surface area (Å²) < 4.78 is 1.17. The molecule has 0 aromatic carbocycles. The minimum absolute atomic E-state index is 0.183. The number of thiophene rings is 1. The van der Waals surface area contributed by atoms with E-state index in [4.69, 9.17) is 0 Å². The molecule has 0 radical (unpaired) electrons. The number of rotatable bonds is 0. The monoisotopic (exact) mass is 273 g/mol. The fourth-order valence-electron chi connectivity index (χ4n) is 1.76. The number of carbonyl (C=O) groups is 1. The molecule has 1 aromatic heterocycles. The van der Waals surface area contributed by atoms with Gasteiger partial charge in [-0.25, -0.2) is 0 Å². The van der Waals surface area contributed by atoms with Gasteiger partial charge in [0.15, 0.2) is 0 Å². The summed E-state index contributed by atoms with van der Waals surface area (Å²) in [4.78, 5) is 14.5. The van der Waals surface area contributed by atoms with E-state index in [1.165, 1.54) is 14.2 Å². The number of amides is 1. The van der Waals surface area contributed by atoms with Crippen LogP contribution in [0.4, 0.5) is 0 Å². The van der Waals surface area contributed by atoms with E-state index in [0.717, 1.165) is 25.9 Å². The van der Waals surface area contributed by atoms with E-state index in [9.17, 15) is 4.79 Å². The van der Waals surface area contributed by atoms with Gasteiger partial charge in [-0.2, -0.15) is 0 Å². The van der Waals surface area contributed by atoms with Gasteiger partial charge in [0.05, 0.1) is 10.3 Å². The number of hydrogen-bond acceptors (Lipinski definition) is 2. The Kier molecular flexibility index (Phi) is 2.93. The number of aryl methyl sites for hydroxylation is 1. The SMILES string of the molecule is CC(=O)N1CCCc2cc(Br)sc2C1. The molecule has 2 nitrogen and oxygen atoms in total. The molecule has 0 atom stereocenters. The summed E-state index contributed by atoms with van der Waals surface area (Å²) in [5.74, 6) is 0.183. The van der Waals surface area contributed by atoms with Crippen molar-refractivity contribution in [2.24, 2.45) is 0 Å². The van der Waals surface area contributed by atoms with Crippen LogP contribution < -0.4 is 0 Å². The second-order valence-corrected chi connectivity index (χ2v) is 6.06. The van der Waals surface area contributed by atoms with Crippen molar-refractivity contribution in [1.29, 1.82) is 0 Å². The van der Waals surface area contributed by atoms with E-state index in [-0.39, 0.29) is 5.91 Å². The van der Waals surface area contributed by atoms with Crippen LogP contribution in [-0.2, 0) is 17.8 Å². The Morgan fingerprint density at radius 2 is 2.43 bits per heavy atom. The highest BCUT2D eigenvalue weighted by Gasteiger charge is 2.18. The van der Waals surface area contributed by atoms with Gasteiger partial charge in [0.25, 0.3) is 0 Å². The Morgan fingerprint density at radius 1 is 1.64 bits per heavy atom. The molecule has 1 aliphatic heterocycles. The Bertz CT molecular complexity index is 361. The first-order valence-electron chi connectivity index (χ1n) is 4.69. The predicted octanol–water partition coefficient (Wildman–Crippen LogP) is 2.81. The van der Waals surface area contributed by atoms with E-state index in [1.807, 2.05) is 4.90 Å². The van der Waals surface area contributed by atoms with Gasteiger partial charge in [-0.15, -0.1) is 11.3 Å². The summed E-state index contributed by atoms with van der Waals surface area (Å²) in [5.41, 5.74) is 1.41. The summed E-state index contributed by atoms with van der Waals surface area (Å²) in [5, 5.41) is 0. The molecule has 0 aliphatic carbocycles. The van der Waals surface area contributed by atoms with Crippen LogP contribution in [0.15, 0.2) is 9.85 Å². The fraction of sp³-hybridized carbons (Fsp3) is 0.500. The summed E-state index contributed by atoms with van der Waals surface area (Å²) in [7, 11) is 0. The topological polar surface area (TPSA) is 20.3 Å². The van der Waals surface area contributed by atoms with E-state index < -0.39 is 0 Å². The Hall–Kier alpha value is -0.350. The largest absolute Gasteiger partial charge is 0.338 e. The molecule has 0 spiro atoms. The van der Waals surface area contributed by atoms with Gasteiger partial charge in [0, 0.05) is 18.3 Å². The molecule has 0 saturated carbocycles. The molecule has 0 unspecified atom stereocenters. The van der Waals surface area contributed by atoms with Gasteiger partial charge in [-0.05, 0) is 40.4 Å². The van der Waals surface area contributed by atoms with Gasteiger partial charge in [-0.3, -0.25) is 4.79 Å². The number of hydrogen-bond donors (Lipinski definition) is 0. The summed E-state index contributed by atoms with van der Waals surface area (Å²) in [6, 6.07) is 2.18. The molecule has 4 heteroatoms. The van der Waals surface area contributed by atoms with Crippen molar-refractivity contribution in [3.63, 3.8) is 0 Å². The maximum Gasteiger partial charge on any atom is 0.219 e. The van der Waals surface area contributed by atoms with Crippen molar-refractivity contribution in [3.8, 4) is 0 Å². The smallest absolute Gasteiger partial charge is 0.219 e. The third kappa shape index (κ3) is 2.01. The molecule has 0 saturated heterocycles. The highest BCUT2D eigenvalue weighted by molar-refractivity contribution is 9.11. The molecule has 1 aliphatic rings. The van der Waals surface area contributed by atoms with Crippen LogP contribution in [0.2, 0.25) is 0 Å². The van der Waals surface area contributed by atoms with Crippen LogP contribution in [0, 0.1) is 0 Å². The molecular weight excluding hydrogens is 262 g/mol. The number of halogens is 1. The van der Waals surface area contributed by atoms with E-state index >= 15 is 0 Å². The van der Waals surface area contributed by atoms with Crippen molar-refractivity contribution in [3.05, 3.63) is 20.3 Å². The quantitative estimate of drug-likeness (QED) is 0.712. The Morgan fingerprint density at radius 3 is 3.14 bits per heavy atom. The number of fused-ring (bicyclic) bond motifs is 1. The molecular formula is C10H12BrNOS. The maximum atomic E-state index is 11.3. The van der Waals surface area contributed by atoms with Gasteiger partial charge < -0.3 is 4.90 Å². The molecule has 1 aromatic rings. The van der Waals surface area contributed by atoms with Crippen LogP contribution in [0.25, 0.3) is 0 Å². The van der Waals surface area contributed by atoms with Gasteiger partial charge in [0.2, 0.25) is 5.91 Å². The normalized spacial score (nSPS) is 16.3. The zero-order valence-electron chi connectivity index (χ0n) is 8.05. The maximum absolute atomic E-state index is 11.3. The van der Waals surface area contributed by atoms with Crippen molar-refractivity contribution in [2.75, 3.05) is 6.54 Å². The zero-order valence-corrected chi connectivity index (χ0v) is 10.4. The van der Waals surface area contributed by atoms with E-state index in [2.05, 4.69) is 22.0 Å². The lowest BCUT2D eigenvalue weighted by molar-refractivity contribution is -0.129. The van der Waals surface area contributed by atoms with Crippen LogP contribution in [0.3, 0.4) is 0 Å². The van der Waals surface area contributed by atoms with E-state index in [1.54, 1.807) is 18.3 Å². The predicted molar refractivity (Wildman–Crippen MR) is 61.4 cm³/mol. The van der Waals surface area contributed by atoms with Crippen molar-refractivity contribution in [1.82, 2.24) is 4.90 Å². The molecule has 2 heterocycles. The molecule has 2 rings (SSSR count). The second-order valence-electron chi connectivity index (χ2n) is 3.54. The molecule has 0 N–H and O–H groups in total. The highest BCUT2D eigenvalue weighted by atomic mass is 79.9. The third-order valence-electron chi connectivity index (χ3n) is 2.52. The van der Waals surface area contributed by atoms with Crippen LogP contribution in [0.1, 0.15) is 23.8 Å². The zero-order chi connectivity index (χ0) is 10.1. The summed E-state index contributed by atoms with van der Waals surface area (Å²) in [6.07, 6.45) is 2.18. The molecule has 0 fully saturated rings. The first-order valence-corrected chi connectivity index (χ1v) is 6.30. The Balaban J connectivity index is 2.25. The second kappa shape index (κ2) is 4.03. The van der Waals surface area contributed by atoms with Crippen molar-refractivity contribution < 1.29 is 4.79 Å². The van der Waals surface area contributed by atoms with Crippen LogP contribution in [-0.4, -0.2) is 17.4 Å². The Labute approximate surface area is 96.0 Å². The number of carbonyl (C=O) groups excluding carboxylic acids is 1. The average molecular weight is 274 g/mol. The fourth-order valence-corrected chi connectivity index (χ4v) is 3.57. The minimum atomic E-state index is 0.183. The van der Waals surface area contributed by atoms with Crippen molar-refractivity contribution in [2.45, 2.75) is 26.3 Å². The van der Waals surface area contributed by atoms with Crippen molar-refractivity contribution >= 4 is 33.2 Å². The summed E-state index contributed by atoms with van der Waals surface area (Å²) in [6.45, 7) is 3.34.